The number of benzene rings is 1. The van der Waals surface area contributed by atoms with Gasteiger partial charge in [0, 0.05) is 31.1 Å². The number of thioether (sulfide) groups is 1. The van der Waals surface area contributed by atoms with Gasteiger partial charge in [0.1, 0.15) is 0 Å². The van der Waals surface area contributed by atoms with Crippen LogP contribution < -0.4 is 5.73 Å². The maximum Gasteiger partial charge on any atom is 0.255 e. The molecule has 0 aliphatic carbocycles. The molecule has 21 heavy (non-hydrogen) atoms. The van der Waals surface area contributed by atoms with Crippen LogP contribution in [0, 0.1) is 0 Å². The molecule has 0 radical (unpaired) electrons. The second kappa shape index (κ2) is 7.47. The second-order valence-corrected chi connectivity index (χ2v) is 5.99. The number of carbonyl (C=O) groups excluding carboxylic acids is 2. The van der Waals surface area contributed by atoms with E-state index in [1.807, 2.05) is 29.2 Å². The normalized spacial score (nSPS) is 16.0. The molecule has 0 spiro atoms. The third-order valence-electron chi connectivity index (χ3n) is 3.59. The fourth-order valence-corrected chi connectivity index (χ4v) is 3.14. The number of primary amides is 1. The van der Waals surface area contributed by atoms with Gasteiger partial charge in [0.15, 0.2) is 0 Å². The number of nitrogens with two attached hydrogens (primary N) is 1. The van der Waals surface area contributed by atoms with Crippen LogP contribution in [0.2, 0.25) is 0 Å². The lowest BCUT2D eigenvalue weighted by Crippen LogP contribution is -2.48. The van der Waals surface area contributed by atoms with Crippen molar-refractivity contribution in [3.05, 3.63) is 29.8 Å². The van der Waals surface area contributed by atoms with Gasteiger partial charge >= 0.3 is 0 Å². The summed E-state index contributed by atoms with van der Waals surface area (Å²) >= 11 is 1.32. The molecule has 1 aliphatic heterocycles. The lowest BCUT2D eigenvalue weighted by atomic mass is 10.2. The van der Waals surface area contributed by atoms with Gasteiger partial charge < -0.3 is 15.5 Å². The highest BCUT2D eigenvalue weighted by molar-refractivity contribution is 8.00. The summed E-state index contributed by atoms with van der Waals surface area (Å²) in [4.78, 5) is 28.6. The maximum atomic E-state index is 12.6. The van der Waals surface area contributed by atoms with Crippen molar-refractivity contribution < 1.29 is 9.59 Å². The summed E-state index contributed by atoms with van der Waals surface area (Å²) in [6.07, 6.45) is 0. The first-order chi connectivity index (χ1) is 10.1. The van der Waals surface area contributed by atoms with Crippen LogP contribution in [0.5, 0.6) is 0 Å². The van der Waals surface area contributed by atoms with Gasteiger partial charge in [0.25, 0.3) is 5.91 Å². The molecule has 0 atom stereocenters. The van der Waals surface area contributed by atoms with E-state index in [0.717, 1.165) is 37.6 Å². The second-order valence-electron chi connectivity index (χ2n) is 4.98. The first-order valence-corrected chi connectivity index (χ1v) is 8.12. The van der Waals surface area contributed by atoms with Gasteiger partial charge in [0.05, 0.1) is 11.3 Å². The number of likely N-dealkylation sites (N-methyl/N-ethyl adjacent to an activating group) is 1. The van der Waals surface area contributed by atoms with E-state index in [4.69, 9.17) is 5.73 Å². The highest BCUT2D eigenvalue weighted by atomic mass is 32.2. The summed E-state index contributed by atoms with van der Waals surface area (Å²) in [6.45, 7) is 6.49. The van der Waals surface area contributed by atoms with Gasteiger partial charge in [-0.3, -0.25) is 9.59 Å². The molecule has 1 saturated heterocycles. The van der Waals surface area contributed by atoms with E-state index in [-0.39, 0.29) is 17.6 Å². The summed E-state index contributed by atoms with van der Waals surface area (Å²) in [7, 11) is 0. The maximum absolute atomic E-state index is 12.6. The van der Waals surface area contributed by atoms with Crippen molar-refractivity contribution in [3.63, 3.8) is 0 Å². The van der Waals surface area contributed by atoms with Crippen LogP contribution in [-0.4, -0.2) is 60.1 Å². The number of piperazine rings is 1. The number of amides is 2. The Hall–Kier alpha value is -1.53. The predicted molar refractivity (Wildman–Crippen MR) is 84.4 cm³/mol. The Morgan fingerprint density at radius 1 is 1.19 bits per heavy atom. The minimum atomic E-state index is -0.376. The van der Waals surface area contributed by atoms with Crippen molar-refractivity contribution in [1.29, 1.82) is 0 Å². The van der Waals surface area contributed by atoms with Crippen molar-refractivity contribution in [2.75, 3.05) is 38.5 Å². The van der Waals surface area contributed by atoms with E-state index in [1.165, 1.54) is 11.8 Å². The molecule has 6 heteroatoms. The van der Waals surface area contributed by atoms with E-state index < -0.39 is 0 Å². The lowest BCUT2D eigenvalue weighted by molar-refractivity contribution is -0.115. The van der Waals surface area contributed by atoms with E-state index in [2.05, 4.69) is 11.8 Å². The van der Waals surface area contributed by atoms with Crippen molar-refractivity contribution in [3.8, 4) is 0 Å². The largest absolute Gasteiger partial charge is 0.369 e. The SMILES string of the molecule is CCN1CCN(C(=O)c2ccccc2SCC(N)=O)CC1. The number of nitrogens with zero attached hydrogens (tertiary/aromatic N) is 2. The van der Waals surface area contributed by atoms with E-state index in [0.29, 0.717) is 5.56 Å². The highest BCUT2D eigenvalue weighted by Gasteiger charge is 2.23. The van der Waals surface area contributed by atoms with Gasteiger partial charge in [0.2, 0.25) is 5.91 Å². The molecule has 2 amide bonds. The molecule has 1 fully saturated rings. The zero-order chi connectivity index (χ0) is 15.2. The smallest absolute Gasteiger partial charge is 0.255 e. The van der Waals surface area contributed by atoms with Gasteiger partial charge in [-0.2, -0.15) is 0 Å². The van der Waals surface area contributed by atoms with Gasteiger partial charge in [-0.15, -0.1) is 11.8 Å². The summed E-state index contributed by atoms with van der Waals surface area (Å²) in [5.74, 6) is -0.148. The van der Waals surface area contributed by atoms with Crippen LogP contribution in [0.1, 0.15) is 17.3 Å². The zero-order valence-corrected chi connectivity index (χ0v) is 13.1. The van der Waals surface area contributed by atoms with Crippen molar-refractivity contribution in [2.45, 2.75) is 11.8 Å². The Labute approximate surface area is 129 Å². The van der Waals surface area contributed by atoms with E-state index in [9.17, 15) is 9.59 Å². The van der Waals surface area contributed by atoms with E-state index >= 15 is 0 Å². The fourth-order valence-electron chi connectivity index (χ4n) is 2.36. The van der Waals surface area contributed by atoms with Gasteiger partial charge in [-0.1, -0.05) is 19.1 Å². The number of carbonyl (C=O) groups is 2. The Bertz CT molecular complexity index is 513. The lowest BCUT2D eigenvalue weighted by Gasteiger charge is -2.34. The van der Waals surface area contributed by atoms with Gasteiger partial charge in [-0.05, 0) is 18.7 Å². The topological polar surface area (TPSA) is 66.6 Å². The zero-order valence-electron chi connectivity index (χ0n) is 12.2. The quantitative estimate of drug-likeness (QED) is 0.826. The van der Waals surface area contributed by atoms with Crippen LogP contribution in [0.25, 0.3) is 0 Å². The predicted octanol–water partition coefficient (Wildman–Crippen LogP) is 1.04. The number of hydrogen-bond acceptors (Lipinski definition) is 4. The van der Waals surface area contributed by atoms with Crippen LogP contribution in [0.15, 0.2) is 29.2 Å². The number of hydrogen-bond donors (Lipinski definition) is 1. The molecule has 2 rings (SSSR count). The molecular formula is C15H21N3O2S. The fraction of sp³-hybridized carbons (Fsp3) is 0.467. The molecule has 0 saturated carbocycles. The first kappa shape index (κ1) is 15.9. The van der Waals surface area contributed by atoms with Crippen molar-refractivity contribution in [1.82, 2.24) is 9.80 Å². The van der Waals surface area contributed by atoms with Crippen molar-refractivity contribution >= 4 is 23.6 Å². The monoisotopic (exact) mass is 307 g/mol. The molecule has 0 bridgehead atoms. The summed E-state index contributed by atoms with van der Waals surface area (Å²) in [6, 6.07) is 7.40. The van der Waals surface area contributed by atoms with E-state index in [1.54, 1.807) is 0 Å². The molecule has 1 aliphatic rings. The first-order valence-electron chi connectivity index (χ1n) is 7.13. The molecular weight excluding hydrogens is 286 g/mol. The van der Waals surface area contributed by atoms with Gasteiger partial charge in [-0.25, -0.2) is 0 Å². The molecule has 1 heterocycles. The molecule has 1 aromatic carbocycles. The van der Waals surface area contributed by atoms with Crippen LogP contribution in [0.4, 0.5) is 0 Å². The third-order valence-corrected chi connectivity index (χ3v) is 4.69. The van der Waals surface area contributed by atoms with Crippen LogP contribution in [0.3, 0.4) is 0 Å². The standard InChI is InChI=1S/C15H21N3O2S/c1-2-17-7-9-18(10-8-17)15(20)12-5-3-4-6-13(12)21-11-14(16)19/h3-6H,2,7-11H2,1H3,(H2,16,19). The average molecular weight is 307 g/mol. The highest BCUT2D eigenvalue weighted by Crippen LogP contribution is 2.24. The Balaban J connectivity index is 2.07. The van der Waals surface area contributed by atoms with Crippen LogP contribution >= 0.6 is 11.8 Å². The average Bonchev–Trinajstić information content (AvgIpc) is 2.52. The molecule has 5 nitrogen and oxygen atoms in total. The molecule has 0 aromatic heterocycles. The minimum Gasteiger partial charge on any atom is -0.369 e. The summed E-state index contributed by atoms with van der Waals surface area (Å²) in [5, 5.41) is 0. The minimum absolute atomic E-state index is 0.0401. The summed E-state index contributed by atoms with van der Waals surface area (Å²) < 4.78 is 0. The summed E-state index contributed by atoms with van der Waals surface area (Å²) in [5.41, 5.74) is 5.84. The molecule has 2 N–H and O–H groups in total. The molecule has 1 aromatic rings. The van der Waals surface area contributed by atoms with Crippen molar-refractivity contribution in [2.24, 2.45) is 5.73 Å². The Morgan fingerprint density at radius 2 is 1.86 bits per heavy atom. The Kier molecular flexibility index (Phi) is 5.64. The third kappa shape index (κ3) is 4.22. The van der Waals surface area contributed by atoms with Crippen LogP contribution in [-0.2, 0) is 4.79 Å². The molecule has 0 unspecified atom stereocenters. The molecule has 114 valence electrons. The number of rotatable bonds is 5. The Morgan fingerprint density at radius 3 is 2.48 bits per heavy atom.